The lowest BCUT2D eigenvalue weighted by Gasteiger charge is -1.98. The zero-order valence-corrected chi connectivity index (χ0v) is 11.3. The number of halogens is 1. The van der Waals surface area contributed by atoms with Crippen molar-refractivity contribution in [2.75, 3.05) is 0 Å². The van der Waals surface area contributed by atoms with Crippen LogP contribution in [0.15, 0.2) is 15.9 Å². The Bertz CT molecular complexity index is 242. The van der Waals surface area contributed by atoms with Crippen LogP contribution < -0.4 is 0 Å². The van der Waals surface area contributed by atoms with Crippen LogP contribution >= 0.6 is 27.3 Å². The quantitative estimate of drug-likeness (QED) is 0.583. The number of thiophene rings is 1. The molecule has 1 heterocycles. The number of hydrogen-bond donors (Lipinski definition) is 0. The zero-order chi connectivity index (χ0) is 10.2. The van der Waals surface area contributed by atoms with Crippen LogP contribution in [0.2, 0.25) is 0 Å². The van der Waals surface area contributed by atoms with Crippen LogP contribution in [0, 0.1) is 0 Å². The molecule has 0 atom stereocenters. The molecule has 1 rings (SSSR count). The van der Waals surface area contributed by atoms with Crippen LogP contribution in [0.3, 0.4) is 0 Å². The van der Waals surface area contributed by atoms with Gasteiger partial charge in [0.2, 0.25) is 0 Å². The fourth-order valence-corrected chi connectivity index (χ4v) is 3.06. The van der Waals surface area contributed by atoms with E-state index in [0.29, 0.717) is 0 Å². The fourth-order valence-electron chi connectivity index (χ4n) is 1.56. The third-order valence-electron chi connectivity index (χ3n) is 2.40. The van der Waals surface area contributed by atoms with Gasteiger partial charge in [-0.05, 0) is 34.8 Å². The summed E-state index contributed by atoms with van der Waals surface area (Å²) in [7, 11) is 0. The lowest BCUT2D eigenvalue weighted by Crippen LogP contribution is -1.82. The molecule has 80 valence electrons. The average molecular weight is 275 g/mol. The van der Waals surface area contributed by atoms with Gasteiger partial charge in [0.05, 0.1) is 0 Å². The van der Waals surface area contributed by atoms with Crippen molar-refractivity contribution >= 4 is 27.3 Å². The highest BCUT2D eigenvalue weighted by atomic mass is 79.9. The minimum Gasteiger partial charge on any atom is -0.148 e. The number of hydrogen-bond acceptors (Lipinski definition) is 1. The molecule has 0 aromatic carbocycles. The summed E-state index contributed by atoms with van der Waals surface area (Å²) in [6.45, 7) is 2.27. The summed E-state index contributed by atoms with van der Waals surface area (Å²) in [4.78, 5) is 1.52. The van der Waals surface area contributed by atoms with E-state index in [1.807, 2.05) is 11.3 Å². The molecule has 0 radical (unpaired) electrons. The number of rotatable bonds is 7. The Kier molecular flexibility index (Phi) is 6.54. The first kappa shape index (κ1) is 12.3. The topological polar surface area (TPSA) is 0 Å². The van der Waals surface area contributed by atoms with E-state index < -0.39 is 0 Å². The Morgan fingerprint density at radius 2 is 1.86 bits per heavy atom. The van der Waals surface area contributed by atoms with Crippen molar-refractivity contribution in [1.82, 2.24) is 0 Å². The lowest BCUT2D eigenvalue weighted by atomic mass is 10.1. The summed E-state index contributed by atoms with van der Waals surface area (Å²) < 4.78 is 1.24. The molecular formula is C12H19BrS. The minimum atomic E-state index is 1.24. The van der Waals surface area contributed by atoms with Crippen molar-refractivity contribution in [3.05, 3.63) is 20.8 Å². The maximum atomic E-state index is 3.49. The van der Waals surface area contributed by atoms with Gasteiger partial charge in [0, 0.05) is 14.7 Å². The largest absolute Gasteiger partial charge is 0.148 e. The molecule has 0 aliphatic heterocycles. The van der Waals surface area contributed by atoms with Crippen LogP contribution in [0.25, 0.3) is 0 Å². The van der Waals surface area contributed by atoms with Gasteiger partial charge >= 0.3 is 0 Å². The van der Waals surface area contributed by atoms with Gasteiger partial charge in [0.15, 0.2) is 0 Å². The molecular weight excluding hydrogens is 256 g/mol. The highest BCUT2D eigenvalue weighted by Gasteiger charge is 1.97. The Labute approximate surface area is 99.9 Å². The summed E-state index contributed by atoms with van der Waals surface area (Å²) >= 11 is 5.36. The molecule has 0 fully saturated rings. The van der Waals surface area contributed by atoms with E-state index in [0.717, 1.165) is 0 Å². The Hall–Kier alpha value is 0.180. The molecule has 0 nitrogen and oxygen atoms in total. The first-order valence-electron chi connectivity index (χ1n) is 5.56. The van der Waals surface area contributed by atoms with E-state index in [2.05, 4.69) is 34.3 Å². The maximum absolute atomic E-state index is 3.49. The second kappa shape index (κ2) is 7.47. The van der Waals surface area contributed by atoms with E-state index in [-0.39, 0.29) is 0 Å². The maximum Gasteiger partial charge on any atom is 0.0285 e. The third-order valence-corrected chi connectivity index (χ3v) is 4.16. The predicted molar refractivity (Wildman–Crippen MR) is 69.1 cm³/mol. The normalized spacial score (nSPS) is 10.7. The van der Waals surface area contributed by atoms with Crippen LogP contribution in [0.4, 0.5) is 0 Å². The minimum absolute atomic E-state index is 1.24. The number of unbranched alkanes of at least 4 members (excludes halogenated alkanes) is 5. The predicted octanol–water partition coefficient (Wildman–Crippen LogP) is 5.41. The van der Waals surface area contributed by atoms with Crippen molar-refractivity contribution in [2.24, 2.45) is 0 Å². The molecule has 0 unspecified atom stereocenters. The summed E-state index contributed by atoms with van der Waals surface area (Å²) in [6, 6.07) is 2.25. The van der Waals surface area contributed by atoms with Gasteiger partial charge in [-0.15, -0.1) is 11.3 Å². The first-order valence-corrected chi connectivity index (χ1v) is 7.23. The van der Waals surface area contributed by atoms with Gasteiger partial charge in [-0.2, -0.15) is 0 Å². The van der Waals surface area contributed by atoms with Crippen LogP contribution in [-0.2, 0) is 6.42 Å². The Balaban J connectivity index is 1.99. The third kappa shape index (κ3) is 5.16. The monoisotopic (exact) mass is 274 g/mol. The molecule has 1 aromatic heterocycles. The van der Waals surface area contributed by atoms with Crippen molar-refractivity contribution in [2.45, 2.75) is 51.9 Å². The first-order chi connectivity index (χ1) is 6.83. The fraction of sp³-hybridized carbons (Fsp3) is 0.667. The molecule has 0 spiro atoms. The zero-order valence-electron chi connectivity index (χ0n) is 8.89. The molecule has 0 saturated carbocycles. The molecule has 0 aliphatic rings. The van der Waals surface area contributed by atoms with Gasteiger partial charge in [-0.1, -0.05) is 39.0 Å². The summed E-state index contributed by atoms with van der Waals surface area (Å²) in [5.41, 5.74) is 0. The van der Waals surface area contributed by atoms with E-state index >= 15 is 0 Å². The second-order valence-corrected chi connectivity index (χ2v) is 5.66. The van der Waals surface area contributed by atoms with Crippen molar-refractivity contribution in [1.29, 1.82) is 0 Å². The average Bonchev–Trinajstić information content (AvgIpc) is 2.58. The summed E-state index contributed by atoms with van der Waals surface area (Å²) in [5.74, 6) is 0. The summed E-state index contributed by atoms with van der Waals surface area (Å²) in [5, 5.41) is 2.17. The van der Waals surface area contributed by atoms with E-state index in [1.165, 1.54) is 54.3 Å². The molecule has 1 aromatic rings. The van der Waals surface area contributed by atoms with E-state index in [1.54, 1.807) is 0 Å². The Morgan fingerprint density at radius 3 is 2.50 bits per heavy atom. The van der Waals surface area contributed by atoms with Crippen molar-refractivity contribution in [3.8, 4) is 0 Å². The highest BCUT2D eigenvalue weighted by Crippen LogP contribution is 2.21. The van der Waals surface area contributed by atoms with E-state index in [9.17, 15) is 0 Å². The van der Waals surface area contributed by atoms with Crippen LogP contribution in [0.1, 0.15) is 50.3 Å². The SMILES string of the molecule is CCCCCCCCc1cc(Br)cs1. The second-order valence-electron chi connectivity index (χ2n) is 3.75. The van der Waals surface area contributed by atoms with Crippen LogP contribution in [0.5, 0.6) is 0 Å². The molecule has 0 saturated heterocycles. The van der Waals surface area contributed by atoms with E-state index in [4.69, 9.17) is 0 Å². The molecule has 14 heavy (non-hydrogen) atoms. The van der Waals surface area contributed by atoms with Gasteiger partial charge in [-0.25, -0.2) is 0 Å². The molecule has 0 N–H and O–H groups in total. The standard InChI is InChI=1S/C12H19BrS/c1-2-3-4-5-6-7-8-12-9-11(13)10-14-12/h9-10H,2-8H2,1H3. The molecule has 2 heteroatoms. The molecule has 0 amide bonds. The van der Waals surface area contributed by atoms with Gasteiger partial charge < -0.3 is 0 Å². The van der Waals surface area contributed by atoms with Gasteiger partial charge in [0.1, 0.15) is 0 Å². The summed E-state index contributed by atoms with van der Waals surface area (Å²) in [6.07, 6.45) is 9.61. The highest BCUT2D eigenvalue weighted by molar-refractivity contribution is 9.10. The number of aryl methyl sites for hydroxylation is 1. The molecule has 0 bridgehead atoms. The van der Waals surface area contributed by atoms with Gasteiger partial charge in [-0.3, -0.25) is 0 Å². The van der Waals surface area contributed by atoms with Crippen molar-refractivity contribution in [3.63, 3.8) is 0 Å². The lowest BCUT2D eigenvalue weighted by molar-refractivity contribution is 0.609. The molecule has 0 aliphatic carbocycles. The van der Waals surface area contributed by atoms with Crippen molar-refractivity contribution < 1.29 is 0 Å². The smallest absolute Gasteiger partial charge is 0.0285 e. The Morgan fingerprint density at radius 1 is 1.14 bits per heavy atom. The van der Waals surface area contributed by atoms with Crippen LogP contribution in [-0.4, -0.2) is 0 Å². The van der Waals surface area contributed by atoms with Gasteiger partial charge in [0.25, 0.3) is 0 Å².